The molecule has 18 heavy (non-hydrogen) atoms. The van der Waals surface area contributed by atoms with Crippen molar-refractivity contribution in [2.75, 3.05) is 6.26 Å². The molecule has 0 aliphatic heterocycles. The van der Waals surface area contributed by atoms with E-state index in [1.54, 1.807) is 11.8 Å². The third-order valence-electron chi connectivity index (χ3n) is 4.32. The van der Waals surface area contributed by atoms with Crippen molar-refractivity contribution >= 4 is 11.8 Å². The van der Waals surface area contributed by atoms with Crippen LogP contribution in [0.15, 0.2) is 29.2 Å². The summed E-state index contributed by atoms with van der Waals surface area (Å²) in [6, 6.07) is 10.1. The fourth-order valence-electron chi connectivity index (χ4n) is 2.93. The molecule has 1 aromatic carbocycles. The SMILES string of the molecule is CSc1ccc(C(C)NC2CCCC2(C)C)cc1. The third-order valence-corrected chi connectivity index (χ3v) is 5.07. The van der Waals surface area contributed by atoms with Gasteiger partial charge in [0.05, 0.1) is 0 Å². The Morgan fingerprint density at radius 3 is 2.44 bits per heavy atom. The monoisotopic (exact) mass is 263 g/mol. The van der Waals surface area contributed by atoms with Crippen LogP contribution in [-0.2, 0) is 0 Å². The number of rotatable bonds is 4. The molecule has 0 radical (unpaired) electrons. The minimum atomic E-state index is 0.447. The molecular weight excluding hydrogens is 238 g/mol. The van der Waals surface area contributed by atoms with E-state index in [2.05, 4.69) is 56.6 Å². The Labute approximate surface area is 116 Å². The van der Waals surface area contributed by atoms with Crippen molar-refractivity contribution in [2.24, 2.45) is 5.41 Å². The van der Waals surface area contributed by atoms with Crippen LogP contribution in [-0.4, -0.2) is 12.3 Å². The summed E-state index contributed by atoms with van der Waals surface area (Å²) < 4.78 is 0. The molecule has 2 rings (SSSR count). The highest BCUT2D eigenvalue weighted by Gasteiger charge is 2.34. The second kappa shape index (κ2) is 5.66. The van der Waals surface area contributed by atoms with Gasteiger partial charge in [0.2, 0.25) is 0 Å². The number of hydrogen-bond acceptors (Lipinski definition) is 2. The summed E-state index contributed by atoms with van der Waals surface area (Å²) in [4.78, 5) is 1.34. The second-order valence-corrected chi connectivity index (χ2v) is 6.97. The second-order valence-electron chi connectivity index (χ2n) is 6.09. The Kier molecular flexibility index (Phi) is 4.39. The van der Waals surface area contributed by atoms with Crippen molar-refractivity contribution < 1.29 is 0 Å². The Morgan fingerprint density at radius 2 is 1.94 bits per heavy atom. The van der Waals surface area contributed by atoms with Gasteiger partial charge in [0.25, 0.3) is 0 Å². The highest BCUT2D eigenvalue weighted by Crippen LogP contribution is 2.38. The van der Waals surface area contributed by atoms with Crippen LogP contribution in [0.5, 0.6) is 0 Å². The Bertz CT molecular complexity index is 383. The summed E-state index contributed by atoms with van der Waals surface area (Å²) >= 11 is 1.80. The minimum absolute atomic E-state index is 0.447. The van der Waals surface area contributed by atoms with Crippen LogP contribution in [0.25, 0.3) is 0 Å². The lowest BCUT2D eigenvalue weighted by Gasteiger charge is -2.31. The van der Waals surface area contributed by atoms with Gasteiger partial charge in [0.15, 0.2) is 0 Å². The molecule has 1 fully saturated rings. The zero-order valence-corrected chi connectivity index (χ0v) is 12.8. The van der Waals surface area contributed by atoms with Crippen molar-refractivity contribution in [1.29, 1.82) is 0 Å². The molecule has 0 spiro atoms. The molecule has 2 unspecified atom stereocenters. The molecule has 0 heterocycles. The summed E-state index contributed by atoms with van der Waals surface area (Å²) in [7, 11) is 0. The van der Waals surface area contributed by atoms with Crippen LogP contribution in [0.2, 0.25) is 0 Å². The van der Waals surface area contributed by atoms with E-state index in [0.29, 0.717) is 17.5 Å². The highest BCUT2D eigenvalue weighted by atomic mass is 32.2. The van der Waals surface area contributed by atoms with Gasteiger partial charge in [-0.15, -0.1) is 11.8 Å². The van der Waals surface area contributed by atoms with Gasteiger partial charge >= 0.3 is 0 Å². The molecule has 2 atom stereocenters. The number of nitrogens with one attached hydrogen (secondary N) is 1. The number of benzene rings is 1. The third kappa shape index (κ3) is 3.10. The van der Waals surface area contributed by atoms with E-state index in [-0.39, 0.29) is 0 Å². The minimum Gasteiger partial charge on any atom is -0.307 e. The largest absolute Gasteiger partial charge is 0.307 e. The number of hydrogen-bond donors (Lipinski definition) is 1. The molecule has 1 saturated carbocycles. The quantitative estimate of drug-likeness (QED) is 0.794. The molecule has 1 aliphatic carbocycles. The Hall–Kier alpha value is -0.470. The first-order valence-corrected chi connectivity index (χ1v) is 8.15. The fraction of sp³-hybridized carbons (Fsp3) is 0.625. The smallest absolute Gasteiger partial charge is 0.0294 e. The maximum Gasteiger partial charge on any atom is 0.0294 e. The molecule has 0 amide bonds. The number of thioether (sulfide) groups is 1. The van der Waals surface area contributed by atoms with Gasteiger partial charge in [-0.2, -0.15) is 0 Å². The molecular formula is C16H25NS. The van der Waals surface area contributed by atoms with Crippen LogP contribution >= 0.6 is 11.8 Å². The molecule has 2 heteroatoms. The first-order valence-electron chi connectivity index (χ1n) is 6.93. The zero-order chi connectivity index (χ0) is 13.2. The van der Waals surface area contributed by atoms with Crippen LogP contribution < -0.4 is 5.32 Å². The lowest BCUT2D eigenvalue weighted by atomic mass is 9.86. The van der Waals surface area contributed by atoms with Gasteiger partial charge in [0.1, 0.15) is 0 Å². The van der Waals surface area contributed by atoms with Gasteiger partial charge < -0.3 is 5.32 Å². The van der Waals surface area contributed by atoms with E-state index in [1.165, 1.54) is 29.7 Å². The van der Waals surface area contributed by atoms with E-state index < -0.39 is 0 Å². The van der Waals surface area contributed by atoms with E-state index in [9.17, 15) is 0 Å². The van der Waals surface area contributed by atoms with E-state index in [1.807, 2.05) is 0 Å². The lowest BCUT2D eigenvalue weighted by Crippen LogP contribution is -2.39. The normalized spacial score (nSPS) is 24.1. The van der Waals surface area contributed by atoms with Crippen LogP contribution in [0.1, 0.15) is 51.6 Å². The van der Waals surface area contributed by atoms with E-state index >= 15 is 0 Å². The predicted molar refractivity (Wildman–Crippen MR) is 81.2 cm³/mol. The van der Waals surface area contributed by atoms with Crippen LogP contribution in [0, 0.1) is 5.41 Å². The van der Waals surface area contributed by atoms with Crippen molar-refractivity contribution in [1.82, 2.24) is 5.32 Å². The van der Waals surface area contributed by atoms with Crippen molar-refractivity contribution in [3.8, 4) is 0 Å². The fourth-order valence-corrected chi connectivity index (χ4v) is 3.33. The van der Waals surface area contributed by atoms with Gasteiger partial charge in [-0.05, 0) is 49.1 Å². The van der Waals surface area contributed by atoms with E-state index in [0.717, 1.165) is 0 Å². The van der Waals surface area contributed by atoms with Gasteiger partial charge in [0, 0.05) is 17.0 Å². The molecule has 1 aliphatic rings. The molecule has 0 saturated heterocycles. The molecule has 0 aromatic heterocycles. The van der Waals surface area contributed by atoms with Gasteiger partial charge in [-0.25, -0.2) is 0 Å². The summed E-state index contributed by atoms with van der Waals surface area (Å²) in [5.74, 6) is 0. The van der Waals surface area contributed by atoms with Gasteiger partial charge in [-0.3, -0.25) is 0 Å². The standard InChI is InChI=1S/C16H25NS/c1-12(13-7-9-14(18-4)10-8-13)17-15-6-5-11-16(15,2)3/h7-10,12,15,17H,5-6,11H2,1-4H3. The Balaban J connectivity index is 2.00. The van der Waals surface area contributed by atoms with Gasteiger partial charge in [-0.1, -0.05) is 32.4 Å². The summed E-state index contributed by atoms with van der Waals surface area (Å²) in [5, 5.41) is 3.82. The summed E-state index contributed by atoms with van der Waals surface area (Å²) in [5.41, 5.74) is 1.85. The van der Waals surface area contributed by atoms with Crippen molar-refractivity contribution in [3.63, 3.8) is 0 Å². The maximum atomic E-state index is 3.82. The topological polar surface area (TPSA) is 12.0 Å². The molecule has 1 N–H and O–H groups in total. The molecule has 0 bridgehead atoms. The average Bonchev–Trinajstić information content (AvgIpc) is 2.69. The summed E-state index contributed by atoms with van der Waals surface area (Å²) in [6.07, 6.45) is 6.16. The lowest BCUT2D eigenvalue weighted by molar-refractivity contribution is 0.266. The first-order chi connectivity index (χ1) is 8.53. The Morgan fingerprint density at radius 1 is 1.28 bits per heavy atom. The molecule has 1 nitrogen and oxygen atoms in total. The van der Waals surface area contributed by atoms with Crippen molar-refractivity contribution in [3.05, 3.63) is 29.8 Å². The van der Waals surface area contributed by atoms with E-state index in [4.69, 9.17) is 0 Å². The highest BCUT2D eigenvalue weighted by molar-refractivity contribution is 7.98. The molecule has 1 aromatic rings. The first kappa shape index (κ1) is 14.0. The van der Waals surface area contributed by atoms with Crippen LogP contribution in [0.4, 0.5) is 0 Å². The summed E-state index contributed by atoms with van der Waals surface area (Å²) in [6.45, 7) is 7.06. The van der Waals surface area contributed by atoms with Crippen LogP contribution in [0.3, 0.4) is 0 Å². The van der Waals surface area contributed by atoms with Crippen molar-refractivity contribution in [2.45, 2.75) is 57.0 Å². The maximum absolute atomic E-state index is 3.82. The molecule has 100 valence electrons. The zero-order valence-electron chi connectivity index (χ0n) is 12.0. The average molecular weight is 263 g/mol. The predicted octanol–water partition coefficient (Wildman–Crippen LogP) is 4.64.